The van der Waals surface area contributed by atoms with Crippen LogP contribution >= 0.6 is 45.5 Å². The normalized spacial score (nSPS) is 19.6. The summed E-state index contributed by atoms with van der Waals surface area (Å²) >= 11 is 4.14. The Morgan fingerprint density at radius 3 is 2.50 bits per heavy atom. The van der Waals surface area contributed by atoms with Crippen LogP contribution in [0.4, 0.5) is 4.79 Å². The highest BCUT2D eigenvalue weighted by Crippen LogP contribution is 2.06. The van der Waals surface area contributed by atoms with Gasteiger partial charge in [0.05, 0.1) is 0 Å². The van der Waals surface area contributed by atoms with Gasteiger partial charge in [0.25, 0.3) is 3.91 Å². The first-order valence-corrected chi connectivity index (χ1v) is 6.79. The predicted molar refractivity (Wildman–Crippen MR) is 74.1 cm³/mol. The minimum atomic E-state index is 0.0414. The number of carbonyl (C=O) groups excluding carboxylic acids is 1. The van der Waals surface area contributed by atoms with Crippen molar-refractivity contribution in [3.63, 3.8) is 0 Å². The van der Waals surface area contributed by atoms with Crippen molar-refractivity contribution in [1.82, 2.24) is 13.3 Å². The Balaban J connectivity index is 1.99. The van der Waals surface area contributed by atoms with E-state index < -0.39 is 0 Å². The molecule has 0 aromatic heterocycles. The quantitative estimate of drug-likeness (QED) is 0.245. The fraction of sp³-hybridized carbons (Fsp3) is 0.875. The molecule has 0 atom stereocenters. The molecule has 1 aliphatic rings. The predicted octanol–water partition coefficient (Wildman–Crippen LogP) is 1.49. The van der Waals surface area contributed by atoms with Gasteiger partial charge in [-0.1, -0.05) is 0 Å². The summed E-state index contributed by atoms with van der Waals surface area (Å²) in [5.74, 6) is 0. The zero-order chi connectivity index (χ0) is 10.4. The van der Waals surface area contributed by atoms with Crippen molar-refractivity contribution in [2.75, 3.05) is 39.3 Å². The number of nitrogens with zero attached hydrogens (tertiary/aromatic N) is 2. The molecule has 1 fully saturated rings. The molecule has 1 N–H and O–H groups in total. The molecular formula is C8H15I2N3O. The summed E-state index contributed by atoms with van der Waals surface area (Å²) in [6.45, 7) is 6.51. The van der Waals surface area contributed by atoms with Gasteiger partial charge >= 0.3 is 0 Å². The maximum absolute atomic E-state index is 10.6. The summed E-state index contributed by atoms with van der Waals surface area (Å²) in [4.78, 5) is 13.0. The number of carbonyl (C=O) groups is 1. The van der Waals surface area contributed by atoms with Crippen LogP contribution in [0.25, 0.3) is 0 Å². The van der Waals surface area contributed by atoms with E-state index in [-0.39, 0.29) is 3.91 Å². The zero-order valence-electron chi connectivity index (χ0n) is 8.01. The van der Waals surface area contributed by atoms with Crippen molar-refractivity contribution >= 4 is 49.4 Å². The first-order chi connectivity index (χ1) is 6.68. The van der Waals surface area contributed by atoms with Crippen molar-refractivity contribution in [3.8, 4) is 0 Å². The number of hydrogen-bond donors (Lipinski definition) is 1. The van der Waals surface area contributed by atoms with Crippen LogP contribution < -0.4 is 5.32 Å². The van der Waals surface area contributed by atoms with Gasteiger partial charge < -0.3 is 10.2 Å². The van der Waals surface area contributed by atoms with Crippen LogP contribution in [0.15, 0.2) is 0 Å². The standard InChI is InChI=1S/C8H15I2N3O/c9-8(14)11-2-1-3-12-4-6-13(10)7-5-12/h1-7H2,(H,11,14). The van der Waals surface area contributed by atoms with Gasteiger partial charge in [0.1, 0.15) is 0 Å². The summed E-state index contributed by atoms with van der Waals surface area (Å²) in [6.07, 6.45) is 1.05. The number of nitrogens with one attached hydrogen (secondary N) is 1. The molecule has 4 nitrogen and oxygen atoms in total. The third-order valence-electron chi connectivity index (χ3n) is 2.23. The lowest BCUT2D eigenvalue weighted by atomic mass is 10.3. The van der Waals surface area contributed by atoms with Gasteiger partial charge in [0.2, 0.25) is 0 Å². The highest BCUT2D eigenvalue weighted by molar-refractivity contribution is 14.1. The Morgan fingerprint density at radius 2 is 1.93 bits per heavy atom. The third kappa shape index (κ3) is 5.66. The minimum absolute atomic E-state index is 0.0414. The Hall–Kier alpha value is 0.850. The monoisotopic (exact) mass is 423 g/mol. The highest BCUT2D eigenvalue weighted by Gasteiger charge is 2.13. The molecule has 0 saturated carbocycles. The van der Waals surface area contributed by atoms with Crippen LogP contribution in [0.5, 0.6) is 0 Å². The van der Waals surface area contributed by atoms with Crippen molar-refractivity contribution in [2.45, 2.75) is 6.42 Å². The van der Waals surface area contributed by atoms with Crippen LogP contribution in [0.2, 0.25) is 0 Å². The second-order valence-corrected chi connectivity index (χ2v) is 5.65. The van der Waals surface area contributed by atoms with Gasteiger partial charge in [-0.05, 0) is 13.0 Å². The highest BCUT2D eigenvalue weighted by atomic mass is 127. The van der Waals surface area contributed by atoms with E-state index in [1.807, 2.05) is 0 Å². The van der Waals surface area contributed by atoms with Gasteiger partial charge in [-0.2, -0.15) is 0 Å². The lowest BCUT2D eigenvalue weighted by molar-refractivity contribution is 0.203. The average molecular weight is 423 g/mol. The van der Waals surface area contributed by atoms with Gasteiger partial charge in [0, 0.05) is 78.2 Å². The van der Waals surface area contributed by atoms with E-state index in [0.717, 1.165) is 45.7 Å². The fourth-order valence-electron chi connectivity index (χ4n) is 1.44. The molecule has 1 rings (SSSR count). The second-order valence-electron chi connectivity index (χ2n) is 3.31. The Bertz CT molecular complexity index is 183. The number of halogens is 2. The summed E-state index contributed by atoms with van der Waals surface area (Å²) in [7, 11) is 0. The molecule has 0 unspecified atom stereocenters. The van der Waals surface area contributed by atoms with Crippen LogP contribution in [0.3, 0.4) is 0 Å². The Morgan fingerprint density at radius 1 is 1.29 bits per heavy atom. The van der Waals surface area contributed by atoms with Crippen molar-refractivity contribution in [3.05, 3.63) is 0 Å². The molecule has 0 radical (unpaired) electrons. The SMILES string of the molecule is O=C(I)NCCCN1CCN(I)CC1. The van der Waals surface area contributed by atoms with Crippen molar-refractivity contribution in [1.29, 1.82) is 0 Å². The molecule has 1 amide bonds. The summed E-state index contributed by atoms with van der Waals surface area (Å²) in [5.41, 5.74) is 0. The minimum Gasteiger partial charge on any atom is -0.347 e. The Kier molecular flexibility index (Phi) is 6.62. The van der Waals surface area contributed by atoms with E-state index >= 15 is 0 Å². The first kappa shape index (κ1) is 12.9. The summed E-state index contributed by atoms with van der Waals surface area (Å²) in [6, 6.07) is 0. The molecular weight excluding hydrogens is 408 g/mol. The number of piperazine rings is 1. The number of amides is 1. The second kappa shape index (κ2) is 7.18. The van der Waals surface area contributed by atoms with E-state index in [1.54, 1.807) is 22.6 Å². The van der Waals surface area contributed by atoms with E-state index in [1.165, 1.54) is 0 Å². The van der Waals surface area contributed by atoms with Gasteiger partial charge in [-0.15, -0.1) is 0 Å². The molecule has 1 aliphatic heterocycles. The van der Waals surface area contributed by atoms with Gasteiger partial charge in [-0.25, -0.2) is 3.11 Å². The van der Waals surface area contributed by atoms with E-state index in [9.17, 15) is 4.79 Å². The third-order valence-corrected chi connectivity index (χ3v) is 3.58. The van der Waals surface area contributed by atoms with Crippen LogP contribution in [-0.4, -0.2) is 51.2 Å². The molecule has 6 heteroatoms. The molecule has 14 heavy (non-hydrogen) atoms. The zero-order valence-corrected chi connectivity index (χ0v) is 12.3. The van der Waals surface area contributed by atoms with Crippen LogP contribution in [0.1, 0.15) is 6.42 Å². The molecule has 82 valence electrons. The molecule has 0 aromatic carbocycles. The van der Waals surface area contributed by atoms with E-state index in [2.05, 4.69) is 36.2 Å². The summed E-state index contributed by atoms with van der Waals surface area (Å²) in [5, 5.41) is 2.80. The van der Waals surface area contributed by atoms with E-state index in [0.29, 0.717) is 0 Å². The maximum atomic E-state index is 10.6. The molecule has 1 heterocycles. The smallest absolute Gasteiger partial charge is 0.280 e. The lowest BCUT2D eigenvalue weighted by Gasteiger charge is -2.30. The number of hydrogen-bond acceptors (Lipinski definition) is 3. The van der Waals surface area contributed by atoms with Gasteiger partial charge in [0.15, 0.2) is 0 Å². The van der Waals surface area contributed by atoms with Gasteiger partial charge in [-0.3, -0.25) is 4.79 Å². The van der Waals surface area contributed by atoms with Crippen LogP contribution in [0, 0.1) is 0 Å². The molecule has 0 spiro atoms. The van der Waals surface area contributed by atoms with Crippen LogP contribution in [-0.2, 0) is 0 Å². The largest absolute Gasteiger partial charge is 0.347 e. The summed E-state index contributed by atoms with van der Waals surface area (Å²) < 4.78 is 2.36. The molecule has 1 saturated heterocycles. The molecule has 0 bridgehead atoms. The fourth-order valence-corrected chi connectivity index (χ4v) is 2.14. The number of rotatable bonds is 4. The maximum Gasteiger partial charge on any atom is 0.280 e. The average Bonchev–Trinajstić information content (AvgIpc) is 2.15. The molecule has 0 aromatic rings. The van der Waals surface area contributed by atoms with Crippen molar-refractivity contribution < 1.29 is 4.79 Å². The van der Waals surface area contributed by atoms with Crippen molar-refractivity contribution in [2.24, 2.45) is 0 Å². The Labute approximate surface area is 112 Å². The van der Waals surface area contributed by atoms with E-state index in [4.69, 9.17) is 0 Å². The first-order valence-electron chi connectivity index (χ1n) is 4.75. The topological polar surface area (TPSA) is 35.6 Å². The molecule has 0 aliphatic carbocycles. The lowest BCUT2D eigenvalue weighted by Crippen LogP contribution is -2.42.